The molecule has 0 spiro atoms. The zero-order chi connectivity index (χ0) is 8.97. The minimum Gasteiger partial charge on any atom is -0.372 e. The first-order valence-electron chi connectivity index (χ1n) is 2.72. The Morgan fingerprint density at radius 1 is 1.42 bits per heavy atom. The zero-order valence-electron chi connectivity index (χ0n) is 5.65. The predicted molar refractivity (Wildman–Crippen MR) is 45.7 cm³/mol. The summed E-state index contributed by atoms with van der Waals surface area (Å²) in [5.41, 5.74) is 0. The van der Waals surface area contributed by atoms with E-state index < -0.39 is 6.09 Å². The van der Waals surface area contributed by atoms with Gasteiger partial charge < -0.3 is 4.74 Å². The van der Waals surface area contributed by atoms with Gasteiger partial charge in [0.15, 0.2) is 0 Å². The van der Waals surface area contributed by atoms with Crippen molar-refractivity contribution < 1.29 is 9.53 Å². The van der Waals surface area contributed by atoms with Crippen molar-refractivity contribution in [3.05, 3.63) is 12.7 Å². The molecule has 0 saturated carbocycles. The topological polar surface area (TPSA) is 68.2 Å². The van der Waals surface area contributed by atoms with Crippen molar-refractivity contribution in [2.24, 2.45) is 0 Å². The van der Waals surface area contributed by atoms with E-state index in [1.807, 2.05) is 0 Å². The van der Waals surface area contributed by atoms with Gasteiger partial charge in [0.2, 0.25) is 0 Å². The lowest BCUT2D eigenvalue weighted by Crippen LogP contribution is -2.17. The molecule has 0 atom stereocenters. The van der Waals surface area contributed by atoms with E-state index in [0.29, 0.717) is 3.71 Å². The maximum atomic E-state index is 10.8. The highest BCUT2D eigenvalue weighted by Gasteiger charge is 2.09. The highest BCUT2D eigenvalue weighted by atomic mass is 32.2. The Morgan fingerprint density at radius 3 is 2.50 bits per heavy atom. The number of nitrogens with zero attached hydrogens (tertiary/aromatic N) is 4. The van der Waals surface area contributed by atoms with Gasteiger partial charge in [-0.3, -0.25) is 0 Å². The summed E-state index contributed by atoms with van der Waals surface area (Å²) in [6, 6.07) is -0.0944. The molecule has 1 aromatic rings. The number of carbonyl (C=O) groups excluding carboxylic acids is 1. The molecular weight excluding hydrogens is 200 g/mol. The van der Waals surface area contributed by atoms with Gasteiger partial charge in [-0.05, 0) is 25.6 Å². The Kier molecular flexibility index (Phi) is 3.11. The predicted octanol–water partition coefficient (Wildman–Crippen LogP) is 0.362. The minimum absolute atomic E-state index is 0.0944. The van der Waals surface area contributed by atoms with Crippen molar-refractivity contribution in [3.63, 3.8) is 0 Å². The molecule has 12 heavy (non-hydrogen) atoms. The fourth-order valence-corrected chi connectivity index (χ4v) is 0.482. The van der Waals surface area contributed by atoms with Crippen molar-refractivity contribution >= 4 is 31.7 Å². The van der Waals surface area contributed by atoms with Gasteiger partial charge in [-0.2, -0.15) is 13.7 Å². The molecule has 0 fully saturated rings. The van der Waals surface area contributed by atoms with Gasteiger partial charge >= 0.3 is 12.1 Å². The van der Waals surface area contributed by atoms with Crippen molar-refractivity contribution in [1.29, 1.82) is 0 Å². The summed E-state index contributed by atoms with van der Waals surface area (Å²) < 4.78 is 5.22. The number of hydrogen-bond donors (Lipinski definition) is 2. The molecule has 0 aliphatic heterocycles. The molecule has 0 aromatic carbocycles. The van der Waals surface area contributed by atoms with E-state index in [9.17, 15) is 4.79 Å². The van der Waals surface area contributed by atoms with Crippen LogP contribution in [-0.2, 0) is 0 Å². The molecule has 0 aliphatic carbocycles. The van der Waals surface area contributed by atoms with E-state index in [0.717, 1.165) is 0 Å². The first-order chi connectivity index (χ1) is 5.70. The quantitative estimate of drug-likeness (QED) is 0.646. The highest BCUT2D eigenvalue weighted by Crippen LogP contribution is 2.04. The third kappa shape index (κ3) is 2.55. The number of ether oxygens (including phenoxy) is 1. The van der Waals surface area contributed by atoms with Crippen molar-refractivity contribution in [1.82, 2.24) is 18.7 Å². The van der Waals surface area contributed by atoms with E-state index in [2.05, 4.69) is 45.3 Å². The van der Waals surface area contributed by atoms with Crippen LogP contribution in [0.1, 0.15) is 0 Å². The number of hydrogen-bond acceptors (Lipinski definition) is 7. The van der Waals surface area contributed by atoms with Gasteiger partial charge in [0.1, 0.15) is 12.7 Å². The lowest BCUT2D eigenvalue weighted by Gasteiger charge is -2.05. The smallest absolute Gasteiger partial charge is 0.372 e. The Labute approximate surface area is 79.1 Å². The fraction of sp³-hybridized carbons (Fsp3) is 0. The third-order valence-electron chi connectivity index (χ3n) is 0.812. The lowest BCUT2D eigenvalue weighted by atomic mass is 11.0. The molecular formula is C4H4N4O2S2. The molecule has 8 heteroatoms. The van der Waals surface area contributed by atoms with Gasteiger partial charge in [-0.25, -0.2) is 9.78 Å². The summed E-state index contributed by atoms with van der Waals surface area (Å²) in [5.74, 6) is 0. The Morgan fingerprint density at radius 2 is 2.00 bits per heavy atom. The number of rotatable bonds is 1. The van der Waals surface area contributed by atoms with Crippen LogP contribution in [0.2, 0.25) is 0 Å². The first-order valence-corrected chi connectivity index (χ1v) is 3.52. The number of aromatic nitrogens is 3. The first kappa shape index (κ1) is 9.07. The van der Waals surface area contributed by atoms with Crippen LogP contribution in [0, 0.1) is 0 Å². The van der Waals surface area contributed by atoms with Gasteiger partial charge in [-0.15, -0.1) is 0 Å². The standard InChI is InChI=1S/C4H4N4O2S2/c9-4(8(11)12)10-3-6-1-5-2-7-3/h1-2,11-12H. The van der Waals surface area contributed by atoms with Crippen molar-refractivity contribution in [3.8, 4) is 6.01 Å². The zero-order valence-corrected chi connectivity index (χ0v) is 7.44. The summed E-state index contributed by atoms with van der Waals surface area (Å²) in [5, 5.41) is 0. The summed E-state index contributed by atoms with van der Waals surface area (Å²) in [4.78, 5) is 21.4. The Balaban J connectivity index is 2.59. The maximum Gasteiger partial charge on any atom is 0.437 e. The van der Waals surface area contributed by atoms with Gasteiger partial charge in [0.25, 0.3) is 0 Å². The van der Waals surface area contributed by atoms with Crippen LogP contribution in [0.15, 0.2) is 12.7 Å². The van der Waals surface area contributed by atoms with Crippen LogP contribution in [0.25, 0.3) is 0 Å². The molecule has 1 heterocycles. The van der Waals surface area contributed by atoms with Gasteiger partial charge in [0.05, 0.1) is 0 Å². The van der Waals surface area contributed by atoms with Crippen LogP contribution < -0.4 is 4.74 Å². The van der Waals surface area contributed by atoms with E-state index in [1.165, 1.54) is 12.7 Å². The third-order valence-corrected chi connectivity index (χ3v) is 1.14. The average Bonchev–Trinajstić information content (AvgIpc) is 2.06. The van der Waals surface area contributed by atoms with Gasteiger partial charge in [-0.1, -0.05) is 0 Å². The van der Waals surface area contributed by atoms with E-state index >= 15 is 0 Å². The summed E-state index contributed by atoms with van der Waals surface area (Å²) in [6.07, 6.45) is 1.63. The lowest BCUT2D eigenvalue weighted by molar-refractivity contribution is 0.193. The molecule has 0 aliphatic rings. The van der Waals surface area contributed by atoms with Crippen LogP contribution >= 0.6 is 25.6 Å². The molecule has 64 valence electrons. The van der Waals surface area contributed by atoms with Crippen LogP contribution in [0.5, 0.6) is 6.01 Å². The minimum atomic E-state index is -0.784. The second-order valence-corrected chi connectivity index (χ2v) is 2.69. The number of amides is 1. The van der Waals surface area contributed by atoms with E-state index in [1.54, 1.807) is 0 Å². The molecule has 0 unspecified atom stereocenters. The van der Waals surface area contributed by atoms with Crippen LogP contribution in [-0.4, -0.2) is 24.8 Å². The van der Waals surface area contributed by atoms with Crippen LogP contribution in [0.4, 0.5) is 4.79 Å². The maximum absolute atomic E-state index is 10.8. The summed E-state index contributed by atoms with van der Waals surface area (Å²) in [6.45, 7) is 0. The molecule has 0 N–H and O–H groups in total. The van der Waals surface area contributed by atoms with Gasteiger partial charge in [0, 0.05) is 0 Å². The second kappa shape index (κ2) is 4.12. The molecule has 1 rings (SSSR count). The molecule has 1 aromatic heterocycles. The van der Waals surface area contributed by atoms with E-state index in [-0.39, 0.29) is 6.01 Å². The summed E-state index contributed by atoms with van der Waals surface area (Å²) in [7, 11) is 0. The summed E-state index contributed by atoms with van der Waals surface area (Å²) >= 11 is 7.15. The second-order valence-electron chi connectivity index (χ2n) is 1.58. The SMILES string of the molecule is O=C(Oc1ncncn1)N(S)S. The highest BCUT2D eigenvalue weighted by molar-refractivity contribution is 7.94. The number of carbonyl (C=O) groups is 1. The Hall–Kier alpha value is -1.02. The molecule has 0 bridgehead atoms. The van der Waals surface area contributed by atoms with Crippen molar-refractivity contribution in [2.45, 2.75) is 0 Å². The molecule has 1 amide bonds. The number of thiol groups is 2. The normalized spacial score (nSPS) is 9.17. The van der Waals surface area contributed by atoms with E-state index in [4.69, 9.17) is 0 Å². The monoisotopic (exact) mass is 204 g/mol. The largest absolute Gasteiger partial charge is 0.437 e. The fourth-order valence-electron chi connectivity index (χ4n) is 0.400. The average molecular weight is 204 g/mol. The van der Waals surface area contributed by atoms with Crippen LogP contribution in [0.3, 0.4) is 0 Å². The van der Waals surface area contributed by atoms with Crippen molar-refractivity contribution in [2.75, 3.05) is 0 Å². The molecule has 6 nitrogen and oxygen atoms in total. The molecule has 0 radical (unpaired) electrons. The molecule has 0 saturated heterocycles. The Bertz CT molecular complexity index is 267.